The van der Waals surface area contributed by atoms with Gasteiger partial charge in [0.05, 0.1) is 36.3 Å². The molecule has 0 radical (unpaired) electrons. The van der Waals surface area contributed by atoms with Crippen molar-refractivity contribution in [3.63, 3.8) is 0 Å². The molecule has 6 amide bonds. The highest BCUT2D eigenvalue weighted by molar-refractivity contribution is 5.82. The molecule has 0 saturated carbocycles. The number of hydrogen-bond donors (Lipinski definition) is 30. The van der Waals surface area contributed by atoms with Crippen molar-refractivity contribution in [2.75, 3.05) is 39.3 Å². The minimum Gasteiger partial charge on any atom is -0.370 e. The Morgan fingerprint density at radius 1 is 0.250 bits per heavy atom. The van der Waals surface area contributed by atoms with Gasteiger partial charge >= 0.3 is 0 Å². The molecule has 0 aliphatic rings. The van der Waals surface area contributed by atoms with Crippen molar-refractivity contribution in [3.8, 4) is 0 Å². The Kier molecular flexibility index (Phi) is 52.2. The lowest BCUT2D eigenvalue weighted by atomic mass is 10.1. The molecule has 0 aromatic rings. The molecule has 48 N–H and O–H groups in total. The van der Waals surface area contributed by atoms with Crippen molar-refractivity contribution < 1.29 is 28.8 Å². The van der Waals surface area contributed by atoms with E-state index in [9.17, 15) is 28.8 Å². The Balaban J connectivity index is -0.000000181. The zero-order valence-electron chi connectivity index (χ0n) is 41.0. The quantitative estimate of drug-likeness (QED) is 0.0180. The fourth-order valence-corrected chi connectivity index (χ4v) is 4.12. The van der Waals surface area contributed by atoms with Gasteiger partial charge in [-0.15, -0.1) is 0 Å². The molecule has 0 heterocycles. The zero-order chi connectivity index (χ0) is 57.4. The van der Waals surface area contributed by atoms with Gasteiger partial charge < -0.3 is 135 Å². The van der Waals surface area contributed by atoms with Crippen LogP contribution in [-0.2, 0) is 28.8 Å². The smallest absolute Gasteiger partial charge is 0.234 e. The summed E-state index contributed by atoms with van der Waals surface area (Å²) < 4.78 is 0. The van der Waals surface area contributed by atoms with Gasteiger partial charge in [0, 0.05) is 39.3 Å². The van der Waals surface area contributed by atoms with E-state index >= 15 is 0 Å². The van der Waals surface area contributed by atoms with E-state index in [0.717, 1.165) is 0 Å². The predicted octanol–water partition coefficient (Wildman–Crippen LogP) is -11.6. The highest BCUT2D eigenvalue weighted by Gasteiger charge is 2.11. The Labute approximate surface area is 419 Å². The van der Waals surface area contributed by atoms with Gasteiger partial charge in [0.25, 0.3) is 0 Å². The van der Waals surface area contributed by atoms with Crippen molar-refractivity contribution in [1.29, 1.82) is 32.5 Å². The summed E-state index contributed by atoms with van der Waals surface area (Å²) >= 11 is 0. The number of rotatable bonds is 30. The Morgan fingerprint density at radius 3 is 0.417 bits per heavy atom. The summed E-state index contributed by atoms with van der Waals surface area (Å²) in [6.07, 6.45) is 7.08. The average molecular weight is 1040 g/mol. The minimum atomic E-state index is -0.598. The van der Waals surface area contributed by atoms with Gasteiger partial charge in [-0.05, 0) is 77.0 Å². The maximum Gasteiger partial charge on any atom is 0.234 e. The SMILES string of the molecule is N=C(N)NCCC[C@@H](N)C(N)=O.N=C(N)NCCC[C@@H](N)C(N)=O.N=C(N)NCCC[C@@H](N)C(N)=O.N=C(N)NCCC[C@@H](N)C(N)=O.N=C(N)NCCC[C@@H](N)C(N)=O.N=C(N)NCCC[C@@H](N)C(N)=O. The molecule has 36 heteroatoms. The van der Waals surface area contributed by atoms with Gasteiger partial charge in [-0.2, -0.15) is 0 Å². The Morgan fingerprint density at radius 2 is 0.347 bits per heavy atom. The number of nitrogens with two attached hydrogens (primary N) is 18. The van der Waals surface area contributed by atoms with Gasteiger partial charge in [0.2, 0.25) is 35.4 Å². The zero-order valence-corrected chi connectivity index (χ0v) is 41.0. The van der Waals surface area contributed by atoms with Gasteiger partial charge in [-0.1, -0.05) is 0 Å². The molecule has 0 fully saturated rings. The van der Waals surface area contributed by atoms with Crippen LogP contribution >= 0.6 is 0 Å². The first-order chi connectivity index (χ1) is 33.2. The third-order valence-corrected chi connectivity index (χ3v) is 8.24. The summed E-state index contributed by atoms with van der Waals surface area (Å²) in [4.78, 5) is 62.6. The van der Waals surface area contributed by atoms with Crippen LogP contribution in [0.3, 0.4) is 0 Å². The van der Waals surface area contributed by atoms with E-state index in [1.165, 1.54) is 0 Å². The van der Waals surface area contributed by atoms with Crippen LogP contribution in [0.25, 0.3) is 0 Å². The fourth-order valence-electron chi connectivity index (χ4n) is 4.12. The van der Waals surface area contributed by atoms with Crippen LogP contribution in [-0.4, -0.2) is 147 Å². The molecule has 0 aliphatic heterocycles. The van der Waals surface area contributed by atoms with Crippen LogP contribution in [0.1, 0.15) is 77.0 Å². The molecule has 36 nitrogen and oxygen atoms in total. The molecule has 6 atom stereocenters. The summed E-state index contributed by atoms with van der Waals surface area (Å²) in [6, 6.07) is -3.59. The summed E-state index contributed by atoms with van der Waals surface area (Å²) in [7, 11) is 0. The van der Waals surface area contributed by atoms with Crippen molar-refractivity contribution in [2.45, 2.75) is 113 Å². The van der Waals surface area contributed by atoms with E-state index in [1.807, 2.05) is 0 Å². The number of hydrogen-bond acceptors (Lipinski definition) is 18. The summed E-state index contributed by atoms with van der Waals surface area (Å²) in [6.45, 7) is 3.23. The first-order valence-corrected chi connectivity index (χ1v) is 22.0. The van der Waals surface area contributed by atoms with Crippen LogP contribution < -0.4 is 135 Å². The van der Waals surface area contributed by atoms with E-state index in [1.54, 1.807) is 0 Å². The van der Waals surface area contributed by atoms with Crippen molar-refractivity contribution >= 4 is 71.2 Å². The third-order valence-electron chi connectivity index (χ3n) is 8.24. The van der Waals surface area contributed by atoms with Crippen molar-refractivity contribution in [1.82, 2.24) is 31.9 Å². The van der Waals surface area contributed by atoms with E-state index in [-0.39, 0.29) is 35.8 Å². The molecule has 0 spiro atoms. The van der Waals surface area contributed by atoms with Crippen molar-refractivity contribution in [2.24, 2.45) is 103 Å². The first-order valence-electron chi connectivity index (χ1n) is 22.0. The highest BCUT2D eigenvalue weighted by Crippen LogP contribution is 1.95. The van der Waals surface area contributed by atoms with Crippen LogP contribution in [0.4, 0.5) is 0 Å². The number of nitrogens with one attached hydrogen (secondary N) is 12. The van der Waals surface area contributed by atoms with Gasteiger partial charge in [0.1, 0.15) is 0 Å². The second-order valence-electron chi connectivity index (χ2n) is 14.9. The molecule has 420 valence electrons. The Bertz CT molecular complexity index is 1310. The molecule has 0 aromatic heterocycles. The van der Waals surface area contributed by atoms with Gasteiger partial charge in [-0.25, -0.2) is 0 Å². The standard InChI is InChI=1S/6C6H15N5O/c6*7-4(5(8)12)2-1-3-11-6(9)10/h6*4H,1-3,7H2,(H2,8,12)(H4,9,10,11)/t6*4-/m111111/s1. The lowest BCUT2D eigenvalue weighted by molar-refractivity contribution is -0.120. The van der Waals surface area contributed by atoms with Crippen LogP contribution in [0.15, 0.2) is 0 Å². The van der Waals surface area contributed by atoms with Crippen molar-refractivity contribution in [3.05, 3.63) is 0 Å². The third kappa shape index (κ3) is 68.8. The Hall–Kier alpha value is -7.80. The molecule has 0 bridgehead atoms. The molecular weight excluding hydrogens is 949 g/mol. The molecule has 0 aromatic carbocycles. The normalized spacial score (nSPS) is 12.1. The number of amides is 6. The molecule has 0 unspecified atom stereocenters. The van der Waals surface area contributed by atoms with E-state index in [0.29, 0.717) is 116 Å². The predicted molar refractivity (Wildman–Crippen MR) is 278 cm³/mol. The lowest BCUT2D eigenvalue weighted by Crippen LogP contribution is -2.37. The topological polar surface area (TPSA) is 786 Å². The number of carbonyl (C=O) groups is 6. The van der Waals surface area contributed by atoms with Gasteiger partial charge in [-0.3, -0.25) is 61.2 Å². The van der Waals surface area contributed by atoms with Crippen LogP contribution in [0.5, 0.6) is 0 Å². The average Bonchev–Trinajstić information content (AvgIpc) is 3.27. The molecule has 0 saturated heterocycles. The fraction of sp³-hybridized carbons (Fsp3) is 0.667. The number of primary amides is 6. The van der Waals surface area contributed by atoms with E-state index in [4.69, 9.17) is 136 Å². The highest BCUT2D eigenvalue weighted by atomic mass is 16.2. The molecular formula is C36H90N30O6. The molecule has 0 aliphatic carbocycles. The van der Waals surface area contributed by atoms with Crippen LogP contribution in [0, 0.1) is 32.5 Å². The van der Waals surface area contributed by atoms with Gasteiger partial charge in [0.15, 0.2) is 35.8 Å². The van der Waals surface area contributed by atoms with E-state index < -0.39 is 71.7 Å². The largest absolute Gasteiger partial charge is 0.370 e. The maximum atomic E-state index is 10.4. The summed E-state index contributed by atoms with van der Waals surface area (Å²) in [5, 5.41) is 56.4. The minimum absolute atomic E-state index is 0.0809. The lowest BCUT2D eigenvalue weighted by Gasteiger charge is -2.07. The monoisotopic (exact) mass is 1040 g/mol. The van der Waals surface area contributed by atoms with Crippen LogP contribution in [0.2, 0.25) is 0 Å². The second kappa shape index (κ2) is 49.6. The first kappa shape index (κ1) is 75.7. The summed E-state index contributed by atoms with van der Waals surface area (Å²) in [5.41, 5.74) is 91.7. The maximum absolute atomic E-state index is 10.4. The second-order valence-corrected chi connectivity index (χ2v) is 14.9. The number of carbonyl (C=O) groups excluding carboxylic acids is 6. The van der Waals surface area contributed by atoms with E-state index in [2.05, 4.69) is 31.9 Å². The number of guanidine groups is 6. The molecule has 0 rings (SSSR count). The molecule has 72 heavy (non-hydrogen) atoms. The summed E-state index contributed by atoms with van der Waals surface area (Å²) in [5.74, 6) is -3.50.